The molecule has 1 amide bonds. The number of benzene rings is 2. The van der Waals surface area contributed by atoms with Gasteiger partial charge in [0.2, 0.25) is 5.91 Å². The van der Waals surface area contributed by atoms with Gasteiger partial charge < -0.3 is 10.1 Å². The van der Waals surface area contributed by atoms with Gasteiger partial charge in [0, 0.05) is 11.6 Å². The van der Waals surface area contributed by atoms with Crippen molar-refractivity contribution in [3.63, 3.8) is 0 Å². The van der Waals surface area contributed by atoms with Crippen LogP contribution in [-0.2, 0) is 4.79 Å². The van der Waals surface area contributed by atoms with Crippen LogP contribution in [-0.4, -0.2) is 18.1 Å². The van der Waals surface area contributed by atoms with Gasteiger partial charge in [0.05, 0.1) is 18.4 Å². The summed E-state index contributed by atoms with van der Waals surface area (Å²) in [4.78, 5) is 11.9. The van der Waals surface area contributed by atoms with E-state index in [1.807, 2.05) is 24.3 Å². The van der Waals surface area contributed by atoms with Crippen molar-refractivity contribution in [3.8, 4) is 11.8 Å². The fourth-order valence-corrected chi connectivity index (χ4v) is 2.18. The molecule has 2 aromatic carbocycles. The van der Waals surface area contributed by atoms with Gasteiger partial charge in [-0.3, -0.25) is 10.1 Å². The standard InChI is InChI=1S/C18H15N3O2S/c1-23-16-9-5-3-6-13(16)10-11-17(22)21-18(24)20-15-8-4-2-7-14(15)12-19/h2-11H,1H3,(H2,20,21,22,24). The van der Waals surface area contributed by atoms with Crippen molar-refractivity contribution in [2.24, 2.45) is 0 Å². The van der Waals surface area contributed by atoms with Crippen molar-refractivity contribution in [1.82, 2.24) is 5.32 Å². The molecule has 24 heavy (non-hydrogen) atoms. The predicted molar refractivity (Wildman–Crippen MR) is 97.5 cm³/mol. The first-order chi connectivity index (χ1) is 11.6. The molecule has 0 fully saturated rings. The Balaban J connectivity index is 1.98. The Kier molecular flexibility index (Phi) is 6.06. The van der Waals surface area contributed by atoms with Gasteiger partial charge in [0.25, 0.3) is 0 Å². The fourth-order valence-electron chi connectivity index (χ4n) is 1.97. The number of rotatable bonds is 4. The van der Waals surface area contributed by atoms with Crippen LogP contribution in [0.3, 0.4) is 0 Å². The lowest BCUT2D eigenvalue weighted by Gasteiger charge is -2.09. The lowest BCUT2D eigenvalue weighted by Crippen LogP contribution is -2.33. The Bertz CT molecular complexity index is 825. The zero-order valence-corrected chi connectivity index (χ0v) is 13.8. The van der Waals surface area contributed by atoms with E-state index < -0.39 is 0 Å². The minimum absolute atomic E-state index is 0.118. The summed E-state index contributed by atoms with van der Waals surface area (Å²) in [6, 6.07) is 16.3. The Labute approximate surface area is 145 Å². The van der Waals surface area contributed by atoms with Crippen molar-refractivity contribution in [1.29, 1.82) is 5.26 Å². The van der Waals surface area contributed by atoms with E-state index in [0.29, 0.717) is 17.0 Å². The summed E-state index contributed by atoms with van der Waals surface area (Å²) in [5.41, 5.74) is 1.77. The highest BCUT2D eigenvalue weighted by atomic mass is 32.1. The molecule has 2 rings (SSSR count). The van der Waals surface area contributed by atoms with Crippen molar-refractivity contribution in [3.05, 3.63) is 65.7 Å². The summed E-state index contributed by atoms with van der Waals surface area (Å²) in [7, 11) is 1.57. The van der Waals surface area contributed by atoms with Crippen LogP contribution < -0.4 is 15.4 Å². The van der Waals surface area contributed by atoms with Crippen LogP contribution in [0, 0.1) is 11.3 Å². The topological polar surface area (TPSA) is 74.2 Å². The van der Waals surface area contributed by atoms with Crippen molar-refractivity contribution < 1.29 is 9.53 Å². The van der Waals surface area contributed by atoms with Crippen molar-refractivity contribution in [2.45, 2.75) is 0 Å². The van der Waals surface area contributed by atoms with Gasteiger partial charge in [-0.1, -0.05) is 30.3 Å². The molecule has 0 atom stereocenters. The molecule has 0 unspecified atom stereocenters. The smallest absolute Gasteiger partial charge is 0.250 e. The monoisotopic (exact) mass is 337 g/mol. The lowest BCUT2D eigenvalue weighted by molar-refractivity contribution is -0.115. The number of carbonyl (C=O) groups is 1. The average Bonchev–Trinajstić information content (AvgIpc) is 2.60. The number of nitriles is 1. The van der Waals surface area contributed by atoms with E-state index in [1.54, 1.807) is 37.5 Å². The van der Waals surface area contributed by atoms with Crippen LogP contribution in [0.1, 0.15) is 11.1 Å². The van der Waals surface area contributed by atoms with Gasteiger partial charge >= 0.3 is 0 Å². The number of nitrogens with one attached hydrogen (secondary N) is 2. The molecule has 0 saturated heterocycles. The van der Waals surface area contributed by atoms with E-state index in [4.69, 9.17) is 22.2 Å². The van der Waals surface area contributed by atoms with Crippen LogP contribution >= 0.6 is 12.2 Å². The number of carbonyl (C=O) groups excluding carboxylic acids is 1. The van der Waals surface area contributed by atoms with Crippen molar-refractivity contribution in [2.75, 3.05) is 12.4 Å². The van der Waals surface area contributed by atoms with Crippen LogP contribution in [0.15, 0.2) is 54.6 Å². The number of anilines is 1. The molecule has 0 aliphatic heterocycles. The van der Waals surface area contributed by atoms with E-state index in [0.717, 1.165) is 5.56 Å². The molecule has 0 saturated carbocycles. The molecule has 0 aromatic heterocycles. The number of thiocarbonyl (C=S) groups is 1. The summed E-state index contributed by atoms with van der Waals surface area (Å²) in [6.45, 7) is 0. The van der Waals surface area contributed by atoms with Gasteiger partial charge in [-0.15, -0.1) is 0 Å². The summed E-state index contributed by atoms with van der Waals surface area (Å²) < 4.78 is 5.21. The minimum atomic E-state index is -0.382. The lowest BCUT2D eigenvalue weighted by atomic mass is 10.2. The molecular formula is C18H15N3O2S. The maximum absolute atomic E-state index is 11.9. The van der Waals surface area contributed by atoms with E-state index in [-0.39, 0.29) is 11.0 Å². The summed E-state index contributed by atoms with van der Waals surface area (Å²) >= 11 is 5.09. The number of para-hydroxylation sites is 2. The highest BCUT2D eigenvalue weighted by Crippen LogP contribution is 2.18. The second-order valence-electron chi connectivity index (χ2n) is 4.68. The van der Waals surface area contributed by atoms with Gasteiger partial charge in [0.15, 0.2) is 5.11 Å². The van der Waals surface area contributed by atoms with E-state index in [2.05, 4.69) is 16.7 Å². The molecule has 0 bridgehead atoms. The van der Waals surface area contributed by atoms with Gasteiger partial charge in [-0.2, -0.15) is 5.26 Å². The first kappa shape index (κ1) is 17.2. The second kappa shape index (κ2) is 8.46. The second-order valence-corrected chi connectivity index (χ2v) is 5.08. The maximum Gasteiger partial charge on any atom is 0.250 e. The number of hydrogen-bond acceptors (Lipinski definition) is 4. The SMILES string of the molecule is COc1ccccc1C=CC(=O)NC(=S)Nc1ccccc1C#N. The summed E-state index contributed by atoms with van der Waals surface area (Å²) in [6.07, 6.45) is 3.00. The Morgan fingerprint density at radius 3 is 2.67 bits per heavy atom. The number of nitrogens with zero attached hydrogens (tertiary/aromatic N) is 1. The van der Waals surface area contributed by atoms with Gasteiger partial charge in [-0.05, 0) is 36.5 Å². The van der Waals surface area contributed by atoms with Crippen LogP contribution in [0.2, 0.25) is 0 Å². The highest BCUT2D eigenvalue weighted by molar-refractivity contribution is 7.80. The maximum atomic E-state index is 11.9. The van der Waals surface area contributed by atoms with Gasteiger partial charge in [-0.25, -0.2) is 0 Å². The van der Waals surface area contributed by atoms with Crippen LogP contribution in [0.5, 0.6) is 5.75 Å². The van der Waals surface area contributed by atoms with Crippen LogP contribution in [0.4, 0.5) is 5.69 Å². The molecule has 6 heteroatoms. The first-order valence-corrected chi connectivity index (χ1v) is 7.47. The molecule has 0 radical (unpaired) electrons. The van der Waals surface area contributed by atoms with Gasteiger partial charge in [0.1, 0.15) is 11.8 Å². The third kappa shape index (κ3) is 4.66. The Morgan fingerprint density at radius 2 is 1.92 bits per heavy atom. The number of methoxy groups -OCH3 is 1. The fraction of sp³-hybridized carbons (Fsp3) is 0.0556. The highest BCUT2D eigenvalue weighted by Gasteiger charge is 2.05. The molecule has 5 nitrogen and oxygen atoms in total. The Hall–Kier alpha value is -3.17. The predicted octanol–water partition coefficient (Wildman–Crippen LogP) is 3.09. The Morgan fingerprint density at radius 1 is 1.21 bits per heavy atom. The minimum Gasteiger partial charge on any atom is -0.496 e. The van der Waals surface area contributed by atoms with E-state index in [9.17, 15) is 4.79 Å². The summed E-state index contributed by atoms with van der Waals surface area (Å²) in [5, 5.41) is 14.5. The van der Waals surface area contributed by atoms with Crippen molar-refractivity contribution >= 4 is 35.0 Å². The molecule has 0 heterocycles. The number of ether oxygens (including phenoxy) is 1. The average molecular weight is 337 g/mol. The molecule has 0 aliphatic rings. The molecule has 2 N–H and O–H groups in total. The number of amides is 1. The molecule has 0 spiro atoms. The largest absolute Gasteiger partial charge is 0.496 e. The third-order valence-electron chi connectivity index (χ3n) is 3.09. The van der Waals surface area contributed by atoms with E-state index in [1.165, 1.54) is 6.08 Å². The number of hydrogen-bond donors (Lipinski definition) is 2. The molecule has 2 aromatic rings. The van der Waals surface area contributed by atoms with E-state index >= 15 is 0 Å². The quantitative estimate of drug-likeness (QED) is 0.662. The first-order valence-electron chi connectivity index (χ1n) is 7.06. The molecular weight excluding hydrogens is 322 g/mol. The summed E-state index contributed by atoms with van der Waals surface area (Å²) in [5.74, 6) is 0.290. The van der Waals surface area contributed by atoms with Crippen LogP contribution in [0.25, 0.3) is 6.08 Å². The zero-order valence-electron chi connectivity index (χ0n) is 12.9. The normalized spacial score (nSPS) is 10.0. The molecule has 120 valence electrons. The zero-order chi connectivity index (χ0) is 17.4. The molecule has 0 aliphatic carbocycles. The third-order valence-corrected chi connectivity index (χ3v) is 3.29.